The van der Waals surface area contributed by atoms with E-state index in [2.05, 4.69) is 10.2 Å². The number of rotatable bonds is 4. The number of nitrogens with zero attached hydrogens (tertiary/aromatic N) is 2. The number of nitrogens with two attached hydrogens (primary N) is 1. The fraction of sp³-hybridized carbons (Fsp3) is 0.583. The fourth-order valence-electron chi connectivity index (χ4n) is 5.61. The molecule has 33 heavy (non-hydrogen) atoms. The summed E-state index contributed by atoms with van der Waals surface area (Å²) in [4.78, 5) is 53.2. The summed E-state index contributed by atoms with van der Waals surface area (Å²) in [5.41, 5.74) is 7.78. The molecule has 0 aromatic heterocycles. The predicted octanol–water partition coefficient (Wildman–Crippen LogP) is 0.949. The van der Waals surface area contributed by atoms with Gasteiger partial charge in [0.05, 0.1) is 17.2 Å². The number of benzene rings is 1. The van der Waals surface area contributed by atoms with Crippen molar-refractivity contribution in [1.82, 2.24) is 15.1 Å². The van der Waals surface area contributed by atoms with Crippen molar-refractivity contribution in [3.8, 4) is 0 Å². The lowest BCUT2D eigenvalue weighted by atomic mass is 9.90. The summed E-state index contributed by atoms with van der Waals surface area (Å²) in [5.74, 6) is -1.92. The van der Waals surface area contributed by atoms with Crippen LogP contribution in [0.2, 0.25) is 0 Å². The van der Waals surface area contributed by atoms with Crippen LogP contribution >= 0.6 is 0 Å². The summed E-state index contributed by atoms with van der Waals surface area (Å²) >= 11 is 0. The van der Waals surface area contributed by atoms with Gasteiger partial charge in [0.25, 0.3) is 11.8 Å². The van der Waals surface area contributed by atoms with Crippen molar-refractivity contribution < 1.29 is 23.9 Å². The van der Waals surface area contributed by atoms with E-state index in [-0.39, 0.29) is 36.9 Å². The number of imide groups is 2. The Bertz CT molecular complexity index is 995. The van der Waals surface area contributed by atoms with Gasteiger partial charge in [-0.3, -0.25) is 34.3 Å². The Morgan fingerprint density at radius 2 is 1.85 bits per heavy atom. The Morgan fingerprint density at radius 3 is 2.64 bits per heavy atom. The minimum Gasteiger partial charge on any atom is -0.376 e. The van der Waals surface area contributed by atoms with Crippen LogP contribution in [0.15, 0.2) is 18.2 Å². The van der Waals surface area contributed by atoms with Crippen LogP contribution in [0, 0.1) is 0 Å². The Balaban J connectivity index is 1.34. The van der Waals surface area contributed by atoms with Crippen molar-refractivity contribution in [2.45, 2.75) is 75.7 Å². The lowest BCUT2D eigenvalue weighted by Crippen LogP contribution is -2.54. The standard InChI is InChI=1S/C24H30N4O5/c25-15-8-10-33-20(12-15)18-3-1-2-9-27(18)13-14-4-5-16-17(11-14)24(32)28(23(16)31)19-6-7-21(29)26-22(19)30/h4-5,11,15,18-20H,1-3,6-10,12-13,25H2,(H,26,29,30). The van der Waals surface area contributed by atoms with E-state index in [1.54, 1.807) is 12.1 Å². The normalized spacial score (nSPS) is 31.0. The topological polar surface area (TPSA) is 122 Å². The molecule has 3 fully saturated rings. The van der Waals surface area contributed by atoms with Gasteiger partial charge in [0.1, 0.15) is 6.04 Å². The number of hydrogen-bond donors (Lipinski definition) is 2. The first-order chi connectivity index (χ1) is 15.9. The highest BCUT2D eigenvalue weighted by atomic mass is 16.5. The van der Waals surface area contributed by atoms with E-state index in [1.807, 2.05) is 6.07 Å². The molecule has 4 aliphatic heterocycles. The molecule has 9 nitrogen and oxygen atoms in total. The molecular formula is C24H30N4O5. The molecule has 3 saturated heterocycles. The van der Waals surface area contributed by atoms with Crippen molar-refractivity contribution in [2.75, 3.05) is 13.2 Å². The van der Waals surface area contributed by atoms with Crippen LogP contribution in [-0.2, 0) is 20.9 Å². The van der Waals surface area contributed by atoms with Gasteiger partial charge in [-0.05, 0) is 56.3 Å². The lowest BCUT2D eigenvalue weighted by molar-refractivity contribution is -0.136. The molecule has 0 spiro atoms. The zero-order chi connectivity index (χ0) is 23.1. The summed E-state index contributed by atoms with van der Waals surface area (Å²) in [5, 5.41) is 2.23. The Morgan fingerprint density at radius 1 is 1.03 bits per heavy atom. The monoisotopic (exact) mass is 454 g/mol. The summed E-state index contributed by atoms with van der Waals surface area (Å²) in [6.07, 6.45) is 5.47. The second-order valence-electron chi connectivity index (χ2n) is 9.55. The largest absolute Gasteiger partial charge is 0.376 e. The molecular weight excluding hydrogens is 424 g/mol. The second kappa shape index (κ2) is 8.96. The van der Waals surface area contributed by atoms with E-state index in [9.17, 15) is 19.2 Å². The number of fused-ring (bicyclic) bond motifs is 1. The van der Waals surface area contributed by atoms with Gasteiger partial charge in [0.15, 0.2) is 0 Å². The third-order valence-electron chi connectivity index (χ3n) is 7.34. The SMILES string of the molecule is NC1CCOC(C2CCCCN2Cc2ccc3c(c2)C(=O)N(C2CCC(=O)NC2=O)C3=O)C1. The second-order valence-corrected chi connectivity index (χ2v) is 9.55. The maximum Gasteiger partial charge on any atom is 0.262 e. The number of carbonyl (C=O) groups is 4. The molecule has 1 aromatic carbocycles. The average molecular weight is 455 g/mol. The van der Waals surface area contributed by atoms with Gasteiger partial charge in [-0.15, -0.1) is 0 Å². The molecule has 4 unspecified atom stereocenters. The third kappa shape index (κ3) is 4.20. The van der Waals surface area contributed by atoms with Crippen LogP contribution in [-0.4, -0.2) is 70.8 Å². The molecule has 0 aliphatic carbocycles. The molecule has 0 bridgehead atoms. The Hall–Kier alpha value is -2.62. The van der Waals surface area contributed by atoms with Crippen LogP contribution in [0.3, 0.4) is 0 Å². The molecule has 5 rings (SSSR count). The van der Waals surface area contributed by atoms with Gasteiger partial charge in [0, 0.05) is 31.7 Å². The van der Waals surface area contributed by atoms with Crippen LogP contribution in [0.1, 0.15) is 71.2 Å². The average Bonchev–Trinajstić information content (AvgIpc) is 3.04. The fourth-order valence-corrected chi connectivity index (χ4v) is 5.61. The van der Waals surface area contributed by atoms with E-state index in [4.69, 9.17) is 10.5 Å². The molecule has 176 valence electrons. The van der Waals surface area contributed by atoms with E-state index in [0.717, 1.165) is 49.1 Å². The number of hydrogen-bond acceptors (Lipinski definition) is 7. The summed E-state index contributed by atoms with van der Waals surface area (Å²) < 4.78 is 6.07. The first-order valence-corrected chi connectivity index (χ1v) is 11.9. The Kier molecular flexibility index (Phi) is 6.03. The molecule has 4 atom stereocenters. The van der Waals surface area contributed by atoms with Crippen LogP contribution < -0.4 is 11.1 Å². The minimum absolute atomic E-state index is 0.109. The van der Waals surface area contributed by atoms with Crippen molar-refractivity contribution in [3.63, 3.8) is 0 Å². The zero-order valence-electron chi connectivity index (χ0n) is 18.6. The summed E-state index contributed by atoms with van der Waals surface area (Å²) in [6.45, 7) is 2.31. The van der Waals surface area contributed by atoms with E-state index in [1.165, 1.54) is 0 Å². The first-order valence-electron chi connectivity index (χ1n) is 11.9. The predicted molar refractivity (Wildman–Crippen MR) is 118 cm³/mol. The van der Waals surface area contributed by atoms with Gasteiger partial charge in [-0.1, -0.05) is 12.5 Å². The van der Waals surface area contributed by atoms with E-state index >= 15 is 0 Å². The van der Waals surface area contributed by atoms with Crippen molar-refractivity contribution in [3.05, 3.63) is 34.9 Å². The number of likely N-dealkylation sites (tertiary alicyclic amines) is 1. The van der Waals surface area contributed by atoms with Gasteiger partial charge in [-0.25, -0.2) is 0 Å². The number of piperidine rings is 2. The quantitative estimate of drug-likeness (QED) is 0.650. The highest BCUT2D eigenvalue weighted by Gasteiger charge is 2.44. The maximum atomic E-state index is 13.1. The highest BCUT2D eigenvalue weighted by Crippen LogP contribution is 2.31. The molecule has 4 aliphatic rings. The third-order valence-corrected chi connectivity index (χ3v) is 7.34. The van der Waals surface area contributed by atoms with Gasteiger partial charge in [-0.2, -0.15) is 0 Å². The van der Waals surface area contributed by atoms with Gasteiger partial charge in [0.2, 0.25) is 11.8 Å². The van der Waals surface area contributed by atoms with Crippen LogP contribution in [0.25, 0.3) is 0 Å². The molecule has 1 aromatic rings. The van der Waals surface area contributed by atoms with Gasteiger partial charge >= 0.3 is 0 Å². The highest BCUT2D eigenvalue weighted by molar-refractivity contribution is 6.23. The zero-order valence-corrected chi connectivity index (χ0v) is 18.6. The Labute approximate surface area is 192 Å². The maximum absolute atomic E-state index is 13.1. The number of amides is 4. The summed E-state index contributed by atoms with van der Waals surface area (Å²) in [6, 6.07) is 4.86. The van der Waals surface area contributed by atoms with Crippen molar-refractivity contribution in [1.29, 1.82) is 0 Å². The van der Waals surface area contributed by atoms with Gasteiger partial charge < -0.3 is 10.5 Å². The van der Waals surface area contributed by atoms with Crippen molar-refractivity contribution >= 4 is 23.6 Å². The smallest absolute Gasteiger partial charge is 0.262 e. The molecule has 4 heterocycles. The summed E-state index contributed by atoms with van der Waals surface area (Å²) in [7, 11) is 0. The van der Waals surface area contributed by atoms with Crippen LogP contribution in [0.4, 0.5) is 0 Å². The molecule has 9 heteroatoms. The van der Waals surface area contributed by atoms with Crippen molar-refractivity contribution in [2.24, 2.45) is 5.73 Å². The van der Waals surface area contributed by atoms with E-state index in [0.29, 0.717) is 24.3 Å². The molecule has 0 saturated carbocycles. The lowest BCUT2D eigenvalue weighted by Gasteiger charge is -2.42. The number of ether oxygens (including phenoxy) is 1. The van der Waals surface area contributed by atoms with E-state index < -0.39 is 23.8 Å². The molecule has 0 radical (unpaired) electrons. The number of nitrogens with one attached hydrogen (secondary N) is 1. The molecule has 3 N–H and O–H groups in total. The van der Waals surface area contributed by atoms with Crippen LogP contribution in [0.5, 0.6) is 0 Å². The molecule has 4 amide bonds. The minimum atomic E-state index is -0.947. The first kappa shape index (κ1) is 22.2. The number of carbonyl (C=O) groups excluding carboxylic acids is 4.